The van der Waals surface area contributed by atoms with Crippen LogP contribution in [0.5, 0.6) is 0 Å². The Kier molecular flexibility index (Phi) is 7.68. The van der Waals surface area contributed by atoms with Crippen molar-refractivity contribution in [1.82, 2.24) is 9.80 Å². The van der Waals surface area contributed by atoms with Crippen LogP contribution in [0.4, 0.5) is 0 Å². The molecule has 2 fully saturated rings. The Balaban J connectivity index is 1.54. The van der Waals surface area contributed by atoms with E-state index in [1.54, 1.807) is 0 Å². The van der Waals surface area contributed by atoms with E-state index in [0.717, 1.165) is 38.5 Å². The molecule has 1 saturated heterocycles. The van der Waals surface area contributed by atoms with Crippen molar-refractivity contribution in [2.75, 3.05) is 39.9 Å². The topological polar surface area (TPSA) is 53.0 Å². The minimum Gasteiger partial charge on any atom is -0.465 e. The molecule has 0 spiro atoms. The maximum absolute atomic E-state index is 11.6. The molecule has 150 valence electrons. The molecular weight excluding hydrogens is 340 g/mol. The summed E-state index contributed by atoms with van der Waals surface area (Å²) in [5, 5.41) is 9.54. The van der Waals surface area contributed by atoms with Crippen molar-refractivity contribution in [3.63, 3.8) is 0 Å². The molecule has 1 aliphatic heterocycles. The first-order valence-corrected chi connectivity index (χ1v) is 10.4. The molecule has 1 N–H and O–H groups in total. The number of methoxy groups -OCH3 is 1. The average Bonchev–Trinajstić information content (AvgIpc) is 2.71. The number of rotatable bonds is 7. The van der Waals surface area contributed by atoms with Gasteiger partial charge in [0.2, 0.25) is 0 Å². The van der Waals surface area contributed by atoms with Gasteiger partial charge in [0.25, 0.3) is 0 Å². The molecule has 1 atom stereocenters. The van der Waals surface area contributed by atoms with Crippen LogP contribution < -0.4 is 0 Å². The molecule has 0 amide bonds. The lowest BCUT2D eigenvalue weighted by atomic mass is 9.88. The van der Waals surface area contributed by atoms with Crippen molar-refractivity contribution in [1.29, 1.82) is 0 Å². The molecule has 3 rings (SSSR count). The Morgan fingerprint density at radius 3 is 2.56 bits per heavy atom. The highest BCUT2D eigenvalue weighted by Crippen LogP contribution is 2.26. The molecule has 27 heavy (non-hydrogen) atoms. The van der Waals surface area contributed by atoms with Crippen molar-refractivity contribution in [3.8, 4) is 0 Å². The predicted octanol–water partition coefficient (Wildman–Crippen LogP) is 2.92. The van der Waals surface area contributed by atoms with E-state index in [0.29, 0.717) is 11.6 Å². The molecule has 0 bridgehead atoms. The summed E-state index contributed by atoms with van der Waals surface area (Å²) in [6, 6.07) is 8.15. The van der Waals surface area contributed by atoms with Crippen LogP contribution in [-0.4, -0.2) is 66.8 Å². The van der Waals surface area contributed by atoms with E-state index in [2.05, 4.69) is 9.80 Å². The predicted molar refractivity (Wildman–Crippen MR) is 107 cm³/mol. The van der Waals surface area contributed by atoms with Crippen molar-refractivity contribution in [2.24, 2.45) is 5.92 Å². The largest absolute Gasteiger partial charge is 0.465 e. The lowest BCUT2D eigenvalue weighted by molar-refractivity contribution is 0.0400. The molecule has 0 radical (unpaired) electrons. The summed E-state index contributed by atoms with van der Waals surface area (Å²) in [6.45, 7) is 5.50. The number of carbonyl (C=O) groups excluding carboxylic acids is 1. The summed E-state index contributed by atoms with van der Waals surface area (Å²) in [5.74, 6) is 0.554. The maximum Gasteiger partial charge on any atom is 0.337 e. The smallest absolute Gasteiger partial charge is 0.337 e. The van der Waals surface area contributed by atoms with Gasteiger partial charge in [-0.05, 0) is 42.9 Å². The summed E-state index contributed by atoms with van der Waals surface area (Å²) in [4.78, 5) is 16.7. The number of piperazine rings is 1. The average molecular weight is 375 g/mol. The SMILES string of the molecule is COC(=O)c1ccc(CN2CCN(CC3CCCCC3)[C@H](CCO)C2)cc1. The fraction of sp³-hybridized carbons (Fsp3) is 0.682. The molecule has 5 nitrogen and oxygen atoms in total. The lowest BCUT2D eigenvalue weighted by Gasteiger charge is -2.43. The van der Waals surface area contributed by atoms with Gasteiger partial charge >= 0.3 is 5.97 Å². The molecule has 2 aliphatic rings. The molecule has 1 aromatic rings. The number of benzene rings is 1. The zero-order valence-corrected chi connectivity index (χ0v) is 16.6. The summed E-state index contributed by atoms with van der Waals surface area (Å²) in [7, 11) is 1.41. The highest BCUT2D eigenvalue weighted by molar-refractivity contribution is 5.89. The first-order chi connectivity index (χ1) is 13.2. The second-order valence-electron chi connectivity index (χ2n) is 8.09. The Morgan fingerprint density at radius 2 is 1.89 bits per heavy atom. The number of ether oxygens (including phenoxy) is 1. The number of carbonyl (C=O) groups is 1. The second kappa shape index (κ2) is 10.2. The Morgan fingerprint density at radius 1 is 1.15 bits per heavy atom. The van der Waals surface area contributed by atoms with Gasteiger partial charge in [-0.15, -0.1) is 0 Å². The fourth-order valence-electron chi connectivity index (χ4n) is 4.59. The van der Waals surface area contributed by atoms with Crippen LogP contribution in [0.1, 0.15) is 54.4 Å². The summed E-state index contributed by atoms with van der Waals surface area (Å²) < 4.78 is 4.76. The van der Waals surface area contributed by atoms with Crippen molar-refractivity contribution in [2.45, 2.75) is 51.1 Å². The quantitative estimate of drug-likeness (QED) is 0.744. The lowest BCUT2D eigenvalue weighted by Crippen LogP contribution is -2.54. The number of hydrogen-bond donors (Lipinski definition) is 1. The van der Waals surface area contributed by atoms with Gasteiger partial charge < -0.3 is 9.84 Å². The van der Waals surface area contributed by atoms with Crippen LogP contribution in [0.3, 0.4) is 0 Å². The van der Waals surface area contributed by atoms with Crippen LogP contribution in [0.25, 0.3) is 0 Å². The maximum atomic E-state index is 11.6. The van der Waals surface area contributed by atoms with Gasteiger partial charge in [0.15, 0.2) is 0 Å². The minimum atomic E-state index is -0.291. The van der Waals surface area contributed by atoms with E-state index in [1.807, 2.05) is 24.3 Å². The number of esters is 1. The van der Waals surface area contributed by atoms with E-state index < -0.39 is 0 Å². The highest BCUT2D eigenvalue weighted by atomic mass is 16.5. The zero-order valence-electron chi connectivity index (χ0n) is 16.6. The van der Waals surface area contributed by atoms with E-state index in [1.165, 1.54) is 51.3 Å². The van der Waals surface area contributed by atoms with E-state index in [9.17, 15) is 9.90 Å². The standard InChI is InChI=1S/C22H34N2O3/c1-27-22(26)20-9-7-19(8-10-20)15-23-12-13-24(21(17-23)11-14-25)16-18-5-3-2-4-6-18/h7-10,18,21,25H,2-6,11-17H2,1H3/t21-/m1/s1. The Labute approximate surface area is 163 Å². The molecule has 1 saturated carbocycles. The minimum absolute atomic E-state index is 0.257. The van der Waals surface area contributed by atoms with Gasteiger partial charge in [-0.25, -0.2) is 4.79 Å². The van der Waals surface area contributed by atoms with E-state index in [-0.39, 0.29) is 12.6 Å². The summed E-state index contributed by atoms with van der Waals surface area (Å²) >= 11 is 0. The van der Waals surface area contributed by atoms with Crippen molar-refractivity contribution < 1.29 is 14.6 Å². The van der Waals surface area contributed by atoms with Crippen LogP contribution in [0, 0.1) is 5.92 Å². The fourth-order valence-corrected chi connectivity index (χ4v) is 4.59. The Bertz CT molecular complexity index is 584. The first-order valence-electron chi connectivity index (χ1n) is 10.4. The number of hydrogen-bond acceptors (Lipinski definition) is 5. The first kappa shape index (κ1) is 20.3. The van der Waals surface area contributed by atoms with Crippen LogP contribution in [0.15, 0.2) is 24.3 Å². The normalized spacial score (nSPS) is 22.7. The van der Waals surface area contributed by atoms with Crippen molar-refractivity contribution in [3.05, 3.63) is 35.4 Å². The van der Waals surface area contributed by atoms with Crippen LogP contribution in [0.2, 0.25) is 0 Å². The van der Waals surface area contributed by atoms with Gasteiger partial charge in [0.1, 0.15) is 0 Å². The number of aliphatic hydroxyl groups excluding tert-OH is 1. The third-order valence-electron chi connectivity index (χ3n) is 6.15. The van der Waals surface area contributed by atoms with Gasteiger partial charge in [-0.3, -0.25) is 9.80 Å². The zero-order chi connectivity index (χ0) is 19.1. The van der Waals surface area contributed by atoms with Crippen LogP contribution >= 0.6 is 0 Å². The van der Waals surface area contributed by atoms with Crippen LogP contribution in [-0.2, 0) is 11.3 Å². The van der Waals surface area contributed by atoms with Crippen molar-refractivity contribution >= 4 is 5.97 Å². The third-order valence-corrected chi connectivity index (χ3v) is 6.15. The molecule has 0 aromatic heterocycles. The summed E-state index contributed by atoms with van der Waals surface area (Å²) in [6.07, 6.45) is 7.77. The molecule has 1 aromatic carbocycles. The van der Waals surface area contributed by atoms with Gasteiger partial charge in [0.05, 0.1) is 12.7 Å². The number of nitrogens with zero attached hydrogens (tertiary/aromatic N) is 2. The van der Waals surface area contributed by atoms with Gasteiger partial charge in [-0.2, -0.15) is 0 Å². The second-order valence-corrected chi connectivity index (χ2v) is 8.09. The summed E-state index contributed by atoms with van der Waals surface area (Å²) in [5.41, 5.74) is 1.81. The van der Waals surface area contributed by atoms with E-state index >= 15 is 0 Å². The Hall–Kier alpha value is -1.43. The number of aliphatic hydroxyl groups is 1. The van der Waals surface area contributed by atoms with Gasteiger partial charge in [0, 0.05) is 45.4 Å². The third kappa shape index (κ3) is 5.77. The molecular formula is C22H34N2O3. The van der Waals surface area contributed by atoms with E-state index in [4.69, 9.17) is 4.74 Å². The molecule has 0 unspecified atom stereocenters. The molecule has 5 heteroatoms. The highest BCUT2D eigenvalue weighted by Gasteiger charge is 2.28. The molecule has 1 aliphatic carbocycles. The monoisotopic (exact) mass is 374 g/mol. The molecule has 1 heterocycles. The van der Waals surface area contributed by atoms with Gasteiger partial charge in [-0.1, -0.05) is 31.4 Å².